The normalized spacial score (nSPS) is 23.6. The summed E-state index contributed by atoms with van der Waals surface area (Å²) >= 11 is 0. The van der Waals surface area contributed by atoms with Crippen LogP contribution in [0.1, 0.15) is 35.8 Å². The molecule has 0 atom stereocenters. The summed E-state index contributed by atoms with van der Waals surface area (Å²) < 4.78 is 0. The van der Waals surface area contributed by atoms with Crippen molar-refractivity contribution >= 4 is 11.9 Å². The van der Waals surface area contributed by atoms with Crippen LogP contribution in [0.25, 0.3) is 0 Å². The second-order valence-corrected chi connectivity index (χ2v) is 4.42. The Kier molecular flexibility index (Phi) is 2.77. The molecule has 0 bridgehead atoms. The van der Waals surface area contributed by atoms with Gasteiger partial charge in [0.15, 0.2) is 0 Å². The first-order valence-electron chi connectivity index (χ1n) is 5.39. The monoisotopic (exact) mass is 221 g/mol. The van der Waals surface area contributed by atoms with Gasteiger partial charge in [0.1, 0.15) is 0 Å². The lowest BCUT2D eigenvalue weighted by molar-refractivity contribution is 0.0695. The zero-order valence-electron chi connectivity index (χ0n) is 9.40. The van der Waals surface area contributed by atoms with Crippen molar-refractivity contribution in [2.75, 3.05) is 5.32 Å². The molecule has 5 nitrogen and oxygen atoms in total. The summed E-state index contributed by atoms with van der Waals surface area (Å²) in [5.41, 5.74) is 0.657. The average molecular weight is 221 g/mol. The molecule has 0 amide bonds. The zero-order chi connectivity index (χ0) is 11.7. The van der Waals surface area contributed by atoms with E-state index < -0.39 is 5.97 Å². The van der Waals surface area contributed by atoms with Crippen LogP contribution in [0, 0.1) is 12.8 Å². The Morgan fingerprint density at radius 2 is 2.25 bits per heavy atom. The number of hydrogen-bond acceptors (Lipinski definition) is 4. The minimum absolute atomic E-state index is 0.160. The summed E-state index contributed by atoms with van der Waals surface area (Å²) in [5, 5.41) is 12.0. The molecule has 0 unspecified atom stereocenters. The fraction of sp³-hybridized carbons (Fsp3) is 0.545. The minimum Gasteiger partial charge on any atom is -0.478 e. The number of carboxylic acids is 1. The number of rotatable bonds is 3. The molecule has 0 radical (unpaired) electrons. The summed E-state index contributed by atoms with van der Waals surface area (Å²) in [4.78, 5) is 18.9. The van der Waals surface area contributed by atoms with E-state index in [1.807, 2.05) is 0 Å². The summed E-state index contributed by atoms with van der Waals surface area (Å²) in [6, 6.07) is 0.435. The first-order valence-corrected chi connectivity index (χ1v) is 5.39. The number of nitrogens with zero attached hydrogens (tertiary/aromatic N) is 2. The lowest BCUT2D eigenvalue weighted by Gasteiger charge is -2.33. The molecule has 2 rings (SSSR count). The van der Waals surface area contributed by atoms with E-state index in [2.05, 4.69) is 22.2 Å². The van der Waals surface area contributed by atoms with Crippen molar-refractivity contribution in [1.29, 1.82) is 0 Å². The average Bonchev–Trinajstić information content (AvgIpc) is 2.15. The Labute approximate surface area is 93.9 Å². The van der Waals surface area contributed by atoms with Crippen molar-refractivity contribution in [1.82, 2.24) is 9.97 Å². The van der Waals surface area contributed by atoms with Gasteiger partial charge in [-0.2, -0.15) is 0 Å². The van der Waals surface area contributed by atoms with Gasteiger partial charge >= 0.3 is 5.97 Å². The Hall–Kier alpha value is -1.65. The molecule has 5 heteroatoms. The van der Waals surface area contributed by atoms with Crippen molar-refractivity contribution < 1.29 is 9.90 Å². The SMILES string of the molecule is Cc1nc(NC2CC(C)C2)ncc1C(=O)O. The molecule has 16 heavy (non-hydrogen) atoms. The van der Waals surface area contributed by atoms with Crippen LogP contribution in [0.2, 0.25) is 0 Å². The molecule has 1 aliphatic rings. The number of hydrogen-bond donors (Lipinski definition) is 2. The Morgan fingerprint density at radius 3 is 2.75 bits per heavy atom. The Bertz CT molecular complexity index is 414. The van der Waals surface area contributed by atoms with E-state index in [0.717, 1.165) is 18.8 Å². The quantitative estimate of drug-likeness (QED) is 0.812. The van der Waals surface area contributed by atoms with Crippen LogP contribution < -0.4 is 5.32 Å². The predicted molar refractivity (Wildman–Crippen MR) is 59.5 cm³/mol. The lowest BCUT2D eigenvalue weighted by Crippen LogP contribution is -2.34. The highest BCUT2D eigenvalue weighted by Crippen LogP contribution is 2.28. The fourth-order valence-electron chi connectivity index (χ4n) is 1.95. The molecule has 1 heterocycles. The molecule has 0 aromatic carbocycles. The maximum atomic E-state index is 10.8. The molecular formula is C11H15N3O2. The van der Waals surface area contributed by atoms with Gasteiger partial charge < -0.3 is 10.4 Å². The third kappa shape index (κ3) is 2.13. The first kappa shape index (κ1) is 10.9. The third-order valence-corrected chi connectivity index (χ3v) is 2.92. The largest absolute Gasteiger partial charge is 0.478 e. The van der Waals surface area contributed by atoms with Gasteiger partial charge in [-0.05, 0) is 25.7 Å². The van der Waals surface area contributed by atoms with E-state index in [1.165, 1.54) is 6.20 Å². The third-order valence-electron chi connectivity index (χ3n) is 2.92. The molecule has 86 valence electrons. The zero-order valence-corrected chi connectivity index (χ0v) is 9.40. The van der Waals surface area contributed by atoms with Crippen molar-refractivity contribution in [3.63, 3.8) is 0 Å². The molecule has 0 saturated heterocycles. The van der Waals surface area contributed by atoms with Gasteiger partial charge in [0.2, 0.25) is 5.95 Å². The van der Waals surface area contributed by atoms with E-state index in [0.29, 0.717) is 17.7 Å². The van der Waals surface area contributed by atoms with Crippen LogP contribution in [0.3, 0.4) is 0 Å². The van der Waals surface area contributed by atoms with Crippen LogP contribution in [-0.4, -0.2) is 27.1 Å². The van der Waals surface area contributed by atoms with Crippen molar-refractivity contribution in [2.45, 2.75) is 32.7 Å². The molecule has 2 N–H and O–H groups in total. The standard InChI is InChI=1S/C11H15N3O2/c1-6-3-8(4-6)14-11-12-5-9(10(15)16)7(2)13-11/h5-6,8H,3-4H2,1-2H3,(H,15,16)(H,12,13,14). The minimum atomic E-state index is -0.985. The molecule has 1 aromatic rings. The van der Waals surface area contributed by atoms with Gasteiger partial charge in [0.05, 0.1) is 11.3 Å². The topological polar surface area (TPSA) is 75.1 Å². The predicted octanol–water partition coefficient (Wildman–Crippen LogP) is 1.69. The number of carboxylic acid groups (broad SMARTS) is 1. The second-order valence-electron chi connectivity index (χ2n) is 4.42. The number of aromatic nitrogens is 2. The summed E-state index contributed by atoms with van der Waals surface area (Å²) in [6.07, 6.45) is 3.61. The van der Waals surface area contributed by atoms with Crippen LogP contribution in [0.4, 0.5) is 5.95 Å². The van der Waals surface area contributed by atoms with Crippen molar-refractivity contribution in [3.05, 3.63) is 17.5 Å². The number of aromatic carboxylic acids is 1. The highest BCUT2D eigenvalue weighted by Gasteiger charge is 2.25. The molecule has 0 spiro atoms. The molecule has 1 aromatic heterocycles. The van der Waals surface area contributed by atoms with Gasteiger partial charge in [0.25, 0.3) is 0 Å². The molecule has 0 aliphatic heterocycles. The van der Waals surface area contributed by atoms with E-state index in [9.17, 15) is 4.79 Å². The van der Waals surface area contributed by atoms with Crippen LogP contribution in [0.15, 0.2) is 6.20 Å². The van der Waals surface area contributed by atoms with Crippen molar-refractivity contribution in [2.24, 2.45) is 5.92 Å². The van der Waals surface area contributed by atoms with Crippen LogP contribution in [-0.2, 0) is 0 Å². The van der Waals surface area contributed by atoms with Crippen molar-refractivity contribution in [3.8, 4) is 0 Å². The number of anilines is 1. The summed E-state index contributed by atoms with van der Waals surface area (Å²) in [6.45, 7) is 3.89. The van der Waals surface area contributed by atoms with E-state index >= 15 is 0 Å². The highest BCUT2D eigenvalue weighted by atomic mass is 16.4. The van der Waals surface area contributed by atoms with Gasteiger partial charge in [-0.15, -0.1) is 0 Å². The number of carbonyl (C=O) groups is 1. The lowest BCUT2D eigenvalue weighted by atomic mass is 9.82. The van der Waals surface area contributed by atoms with Gasteiger partial charge in [-0.25, -0.2) is 14.8 Å². The molecule has 1 aliphatic carbocycles. The van der Waals surface area contributed by atoms with E-state index in [4.69, 9.17) is 5.11 Å². The summed E-state index contributed by atoms with van der Waals surface area (Å²) in [7, 11) is 0. The summed E-state index contributed by atoms with van der Waals surface area (Å²) in [5.74, 6) is 0.303. The van der Waals surface area contributed by atoms with Crippen LogP contribution in [0.5, 0.6) is 0 Å². The number of nitrogens with one attached hydrogen (secondary N) is 1. The highest BCUT2D eigenvalue weighted by molar-refractivity contribution is 5.88. The second kappa shape index (κ2) is 4.08. The maximum absolute atomic E-state index is 10.8. The molecule has 1 saturated carbocycles. The van der Waals surface area contributed by atoms with E-state index in [-0.39, 0.29) is 5.56 Å². The smallest absolute Gasteiger partial charge is 0.339 e. The number of aryl methyl sites for hydroxylation is 1. The van der Waals surface area contributed by atoms with Crippen LogP contribution >= 0.6 is 0 Å². The first-order chi connectivity index (χ1) is 7.56. The Morgan fingerprint density at radius 1 is 1.56 bits per heavy atom. The fourth-order valence-corrected chi connectivity index (χ4v) is 1.95. The molecule has 1 fully saturated rings. The van der Waals surface area contributed by atoms with Gasteiger partial charge in [-0.1, -0.05) is 6.92 Å². The van der Waals surface area contributed by atoms with E-state index in [1.54, 1.807) is 6.92 Å². The maximum Gasteiger partial charge on any atom is 0.339 e. The molecular weight excluding hydrogens is 206 g/mol. The Balaban J connectivity index is 2.06. The van der Waals surface area contributed by atoms with Gasteiger partial charge in [-0.3, -0.25) is 0 Å². The van der Waals surface area contributed by atoms with Gasteiger partial charge in [0, 0.05) is 12.2 Å².